The third-order valence-electron chi connectivity index (χ3n) is 3.58. The molecule has 2 rings (SSSR count). The molecule has 0 bridgehead atoms. The molecule has 0 heterocycles. The van der Waals surface area contributed by atoms with Gasteiger partial charge in [0.2, 0.25) is 5.91 Å². The van der Waals surface area contributed by atoms with Crippen LogP contribution < -0.4 is 14.8 Å². The van der Waals surface area contributed by atoms with Crippen molar-refractivity contribution in [1.29, 1.82) is 0 Å². The highest BCUT2D eigenvalue weighted by Gasteiger charge is 2.10. The minimum atomic E-state index is -0.0465. The van der Waals surface area contributed by atoms with Crippen molar-refractivity contribution in [3.05, 3.63) is 59.2 Å². The third-order valence-corrected chi connectivity index (χ3v) is 3.58. The summed E-state index contributed by atoms with van der Waals surface area (Å²) in [5, 5.41) is 2.94. The van der Waals surface area contributed by atoms with Crippen molar-refractivity contribution < 1.29 is 14.3 Å². The van der Waals surface area contributed by atoms with E-state index in [1.165, 1.54) is 5.56 Å². The quantitative estimate of drug-likeness (QED) is 0.892. The Kier molecular flexibility index (Phi) is 5.42. The molecule has 2 aromatic carbocycles. The van der Waals surface area contributed by atoms with Gasteiger partial charge in [-0.2, -0.15) is 0 Å². The Morgan fingerprint density at radius 3 is 2.50 bits per heavy atom. The van der Waals surface area contributed by atoms with Crippen molar-refractivity contribution in [3.8, 4) is 11.5 Å². The third kappa shape index (κ3) is 4.01. The fourth-order valence-electron chi connectivity index (χ4n) is 2.26. The molecule has 0 spiro atoms. The Balaban J connectivity index is 2.01. The molecule has 0 saturated heterocycles. The molecule has 0 aromatic heterocycles. The van der Waals surface area contributed by atoms with Crippen LogP contribution in [0, 0.1) is 6.92 Å². The predicted molar refractivity (Wildman–Crippen MR) is 86.3 cm³/mol. The zero-order valence-corrected chi connectivity index (χ0v) is 13.2. The van der Waals surface area contributed by atoms with Crippen LogP contribution in [0.15, 0.2) is 42.5 Å². The van der Waals surface area contributed by atoms with Crippen LogP contribution in [0.1, 0.15) is 16.7 Å². The molecule has 0 aliphatic rings. The van der Waals surface area contributed by atoms with Gasteiger partial charge >= 0.3 is 0 Å². The molecular weight excluding hydrogens is 278 g/mol. The average Bonchev–Trinajstić information content (AvgIpc) is 2.54. The lowest BCUT2D eigenvalue weighted by Gasteiger charge is -2.11. The van der Waals surface area contributed by atoms with Gasteiger partial charge in [0.05, 0.1) is 20.6 Å². The SMILES string of the molecule is COc1ccc(OC)c(CC(=O)NCc2ccccc2C)c1. The maximum absolute atomic E-state index is 12.2. The summed E-state index contributed by atoms with van der Waals surface area (Å²) < 4.78 is 10.5. The smallest absolute Gasteiger partial charge is 0.224 e. The molecule has 2 aromatic rings. The van der Waals surface area contributed by atoms with Crippen LogP contribution in [0.3, 0.4) is 0 Å². The van der Waals surface area contributed by atoms with E-state index in [1.54, 1.807) is 14.2 Å². The van der Waals surface area contributed by atoms with Crippen LogP contribution in [0.5, 0.6) is 11.5 Å². The molecule has 4 nitrogen and oxygen atoms in total. The minimum absolute atomic E-state index is 0.0465. The van der Waals surface area contributed by atoms with Crippen molar-refractivity contribution in [2.75, 3.05) is 14.2 Å². The van der Waals surface area contributed by atoms with Crippen LogP contribution in [0.2, 0.25) is 0 Å². The monoisotopic (exact) mass is 299 g/mol. The number of carbonyl (C=O) groups excluding carboxylic acids is 1. The average molecular weight is 299 g/mol. The molecule has 1 amide bonds. The molecule has 0 atom stereocenters. The number of rotatable bonds is 6. The molecule has 0 fully saturated rings. The number of amides is 1. The lowest BCUT2D eigenvalue weighted by Crippen LogP contribution is -2.25. The zero-order valence-electron chi connectivity index (χ0n) is 13.2. The second-order valence-electron chi connectivity index (χ2n) is 5.06. The van der Waals surface area contributed by atoms with E-state index in [4.69, 9.17) is 9.47 Å². The van der Waals surface area contributed by atoms with Gasteiger partial charge in [-0.3, -0.25) is 4.79 Å². The second-order valence-corrected chi connectivity index (χ2v) is 5.06. The van der Waals surface area contributed by atoms with E-state index < -0.39 is 0 Å². The van der Waals surface area contributed by atoms with Gasteiger partial charge in [-0.25, -0.2) is 0 Å². The predicted octanol–water partition coefficient (Wildman–Crippen LogP) is 2.87. The second kappa shape index (κ2) is 7.50. The van der Waals surface area contributed by atoms with E-state index in [0.717, 1.165) is 11.1 Å². The summed E-state index contributed by atoms with van der Waals surface area (Å²) in [5.41, 5.74) is 3.10. The van der Waals surface area contributed by atoms with Crippen molar-refractivity contribution in [3.63, 3.8) is 0 Å². The molecule has 4 heteroatoms. The van der Waals surface area contributed by atoms with Gasteiger partial charge in [0, 0.05) is 12.1 Å². The first-order chi connectivity index (χ1) is 10.6. The van der Waals surface area contributed by atoms with Gasteiger partial charge < -0.3 is 14.8 Å². The van der Waals surface area contributed by atoms with Gasteiger partial charge in [-0.15, -0.1) is 0 Å². The number of methoxy groups -OCH3 is 2. The van der Waals surface area contributed by atoms with Gasteiger partial charge in [0.1, 0.15) is 11.5 Å². The number of carbonyl (C=O) groups is 1. The first-order valence-electron chi connectivity index (χ1n) is 7.16. The van der Waals surface area contributed by atoms with Gasteiger partial charge in [0.15, 0.2) is 0 Å². The Morgan fingerprint density at radius 2 is 1.82 bits per heavy atom. The van der Waals surface area contributed by atoms with Gasteiger partial charge in [-0.05, 0) is 36.2 Å². The summed E-state index contributed by atoms with van der Waals surface area (Å²) in [6, 6.07) is 13.5. The van der Waals surface area contributed by atoms with Crippen molar-refractivity contribution >= 4 is 5.91 Å². The van der Waals surface area contributed by atoms with Gasteiger partial charge in [-0.1, -0.05) is 24.3 Å². The molecule has 0 unspecified atom stereocenters. The van der Waals surface area contributed by atoms with Crippen molar-refractivity contribution in [2.24, 2.45) is 0 Å². The van der Waals surface area contributed by atoms with Crippen LogP contribution in [-0.4, -0.2) is 20.1 Å². The molecule has 0 aliphatic carbocycles. The number of nitrogens with one attached hydrogen (secondary N) is 1. The van der Waals surface area contributed by atoms with E-state index in [9.17, 15) is 4.79 Å². The maximum Gasteiger partial charge on any atom is 0.224 e. The Bertz CT molecular complexity index is 653. The molecule has 1 N–H and O–H groups in total. The fraction of sp³-hybridized carbons (Fsp3) is 0.278. The summed E-state index contributed by atoms with van der Waals surface area (Å²) in [7, 11) is 3.19. The Labute approximate surface area is 131 Å². The number of aryl methyl sites for hydroxylation is 1. The molecule has 116 valence electrons. The molecular formula is C18H21NO3. The van der Waals surface area contributed by atoms with Crippen LogP contribution in [-0.2, 0) is 17.8 Å². The Morgan fingerprint density at radius 1 is 1.05 bits per heavy atom. The molecule has 0 saturated carbocycles. The zero-order chi connectivity index (χ0) is 15.9. The van der Waals surface area contributed by atoms with Crippen molar-refractivity contribution in [1.82, 2.24) is 5.32 Å². The van der Waals surface area contributed by atoms with Crippen molar-refractivity contribution in [2.45, 2.75) is 19.9 Å². The fourth-order valence-corrected chi connectivity index (χ4v) is 2.26. The summed E-state index contributed by atoms with van der Waals surface area (Å²) in [5.74, 6) is 1.35. The van der Waals surface area contributed by atoms with E-state index in [-0.39, 0.29) is 12.3 Å². The first-order valence-corrected chi connectivity index (χ1v) is 7.16. The van der Waals surface area contributed by atoms with Crippen LogP contribution in [0.4, 0.5) is 0 Å². The van der Waals surface area contributed by atoms with E-state index >= 15 is 0 Å². The standard InChI is InChI=1S/C18H21NO3/c1-13-6-4-5-7-14(13)12-19-18(20)11-15-10-16(21-2)8-9-17(15)22-3/h4-10H,11-12H2,1-3H3,(H,19,20). The van der Waals surface area contributed by atoms with E-state index in [2.05, 4.69) is 5.32 Å². The molecule has 0 aliphatic heterocycles. The highest BCUT2D eigenvalue weighted by Crippen LogP contribution is 2.24. The first kappa shape index (κ1) is 15.9. The van der Waals surface area contributed by atoms with Crippen LogP contribution >= 0.6 is 0 Å². The summed E-state index contributed by atoms with van der Waals surface area (Å²) in [6.07, 6.45) is 0.256. The minimum Gasteiger partial charge on any atom is -0.497 e. The number of benzene rings is 2. The highest BCUT2D eigenvalue weighted by molar-refractivity contribution is 5.79. The highest BCUT2D eigenvalue weighted by atomic mass is 16.5. The lowest BCUT2D eigenvalue weighted by atomic mass is 10.1. The molecule has 22 heavy (non-hydrogen) atoms. The number of ether oxygens (including phenoxy) is 2. The van der Waals surface area contributed by atoms with Gasteiger partial charge in [0.25, 0.3) is 0 Å². The Hall–Kier alpha value is -2.49. The summed E-state index contributed by atoms with van der Waals surface area (Å²) in [6.45, 7) is 2.56. The number of hydrogen-bond donors (Lipinski definition) is 1. The largest absolute Gasteiger partial charge is 0.497 e. The van der Waals surface area contributed by atoms with Crippen LogP contribution in [0.25, 0.3) is 0 Å². The summed E-state index contributed by atoms with van der Waals surface area (Å²) >= 11 is 0. The van der Waals surface area contributed by atoms with E-state index in [0.29, 0.717) is 18.0 Å². The normalized spacial score (nSPS) is 10.1. The lowest BCUT2D eigenvalue weighted by molar-refractivity contribution is -0.120. The number of hydrogen-bond acceptors (Lipinski definition) is 3. The van der Waals surface area contributed by atoms with E-state index in [1.807, 2.05) is 49.4 Å². The molecule has 0 radical (unpaired) electrons. The summed E-state index contributed by atoms with van der Waals surface area (Å²) in [4.78, 5) is 12.2. The topological polar surface area (TPSA) is 47.6 Å². The maximum atomic E-state index is 12.2.